The Kier molecular flexibility index (Phi) is 6.27. The molecule has 0 saturated carbocycles. The first-order valence-corrected chi connectivity index (χ1v) is 9.77. The molecule has 0 spiro atoms. The number of carbonyl (C=O) groups is 1. The molecule has 0 saturated heterocycles. The second kappa shape index (κ2) is 8.22. The van der Waals surface area contributed by atoms with Crippen LogP contribution in [0.25, 0.3) is 0 Å². The maximum Gasteiger partial charge on any atom is 0.261 e. The summed E-state index contributed by atoms with van der Waals surface area (Å²) < 4.78 is 30.8. The van der Waals surface area contributed by atoms with Crippen LogP contribution in [0, 0.1) is 0 Å². The van der Waals surface area contributed by atoms with E-state index in [1.54, 1.807) is 55.5 Å². The summed E-state index contributed by atoms with van der Waals surface area (Å²) >= 11 is 5.88. The van der Waals surface area contributed by atoms with Crippen molar-refractivity contribution in [2.45, 2.75) is 19.6 Å². The van der Waals surface area contributed by atoms with Crippen molar-refractivity contribution in [1.82, 2.24) is 5.32 Å². The molecule has 1 atom stereocenters. The van der Waals surface area contributed by atoms with Gasteiger partial charge in [0.15, 0.2) is 6.10 Å². The summed E-state index contributed by atoms with van der Waals surface area (Å²) in [7, 11) is -3.40. The number of para-hydroxylation sites is 1. The Morgan fingerprint density at radius 2 is 1.92 bits per heavy atom. The Hall–Kier alpha value is -2.25. The van der Waals surface area contributed by atoms with E-state index in [1.807, 2.05) is 0 Å². The Balaban J connectivity index is 1.98. The van der Waals surface area contributed by atoms with Gasteiger partial charge in [-0.3, -0.25) is 9.52 Å². The van der Waals surface area contributed by atoms with Gasteiger partial charge in [-0.25, -0.2) is 8.42 Å². The predicted molar refractivity (Wildman–Crippen MR) is 98.3 cm³/mol. The Morgan fingerprint density at radius 3 is 2.60 bits per heavy atom. The minimum atomic E-state index is -3.40. The van der Waals surface area contributed by atoms with Gasteiger partial charge < -0.3 is 10.1 Å². The Bertz CT molecular complexity index is 855. The van der Waals surface area contributed by atoms with Gasteiger partial charge in [0.05, 0.1) is 11.9 Å². The molecule has 0 radical (unpaired) electrons. The molecular weight excluding hydrogens is 364 g/mol. The average Bonchev–Trinajstić information content (AvgIpc) is 2.52. The number of benzene rings is 2. The van der Waals surface area contributed by atoms with Crippen LogP contribution >= 0.6 is 11.6 Å². The molecule has 0 aliphatic carbocycles. The van der Waals surface area contributed by atoms with Crippen molar-refractivity contribution in [3.63, 3.8) is 0 Å². The Labute approximate surface area is 152 Å². The highest BCUT2D eigenvalue weighted by molar-refractivity contribution is 7.92. The molecule has 25 heavy (non-hydrogen) atoms. The number of ether oxygens (including phenoxy) is 1. The van der Waals surface area contributed by atoms with Crippen LogP contribution in [-0.2, 0) is 21.4 Å². The summed E-state index contributed by atoms with van der Waals surface area (Å²) in [6.07, 6.45) is 0.344. The van der Waals surface area contributed by atoms with Gasteiger partial charge in [-0.15, -0.1) is 0 Å². The fourth-order valence-electron chi connectivity index (χ4n) is 2.10. The zero-order valence-corrected chi connectivity index (χ0v) is 15.4. The number of sulfonamides is 1. The summed E-state index contributed by atoms with van der Waals surface area (Å²) in [5.74, 6) is 0.170. The molecule has 2 rings (SSSR count). The minimum Gasteiger partial charge on any atom is -0.481 e. The van der Waals surface area contributed by atoms with E-state index in [1.165, 1.54) is 0 Å². The van der Waals surface area contributed by atoms with Crippen molar-refractivity contribution in [3.8, 4) is 5.75 Å². The molecule has 1 amide bonds. The highest BCUT2D eigenvalue weighted by atomic mass is 35.5. The van der Waals surface area contributed by atoms with Crippen molar-refractivity contribution in [2.75, 3.05) is 11.0 Å². The number of halogens is 1. The van der Waals surface area contributed by atoms with Crippen molar-refractivity contribution >= 4 is 33.2 Å². The van der Waals surface area contributed by atoms with Gasteiger partial charge in [-0.1, -0.05) is 35.9 Å². The third-order valence-corrected chi connectivity index (χ3v) is 4.07. The molecule has 0 aliphatic rings. The van der Waals surface area contributed by atoms with E-state index in [9.17, 15) is 13.2 Å². The topological polar surface area (TPSA) is 84.5 Å². The third-order valence-electron chi connectivity index (χ3n) is 3.24. The van der Waals surface area contributed by atoms with Gasteiger partial charge >= 0.3 is 0 Å². The number of anilines is 1. The van der Waals surface area contributed by atoms with Crippen LogP contribution in [0.3, 0.4) is 0 Å². The normalized spacial score (nSPS) is 12.3. The zero-order chi connectivity index (χ0) is 18.4. The largest absolute Gasteiger partial charge is 0.481 e. The molecule has 2 N–H and O–H groups in total. The molecule has 6 nitrogen and oxygen atoms in total. The lowest BCUT2D eigenvalue weighted by molar-refractivity contribution is -0.127. The van der Waals surface area contributed by atoms with E-state index in [-0.39, 0.29) is 12.5 Å². The second-order valence-electron chi connectivity index (χ2n) is 5.47. The lowest BCUT2D eigenvalue weighted by Crippen LogP contribution is -2.36. The molecule has 0 fully saturated rings. The zero-order valence-electron chi connectivity index (χ0n) is 13.8. The first kappa shape index (κ1) is 19.1. The van der Waals surface area contributed by atoms with Crippen LogP contribution in [0.4, 0.5) is 5.69 Å². The van der Waals surface area contributed by atoms with E-state index in [4.69, 9.17) is 16.3 Å². The molecule has 0 heterocycles. The van der Waals surface area contributed by atoms with E-state index >= 15 is 0 Å². The fourth-order valence-corrected chi connectivity index (χ4v) is 2.88. The molecule has 0 aromatic heterocycles. The number of amides is 1. The van der Waals surface area contributed by atoms with Gasteiger partial charge in [-0.05, 0) is 36.8 Å². The fraction of sp³-hybridized carbons (Fsp3) is 0.235. The number of carbonyl (C=O) groups excluding carboxylic acids is 1. The number of hydrogen-bond acceptors (Lipinski definition) is 4. The summed E-state index contributed by atoms with van der Waals surface area (Å²) in [5, 5.41) is 3.25. The van der Waals surface area contributed by atoms with Gasteiger partial charge in [-0.2, -0.15) is 0 Å². The van der Waals surface area contributed by atoms with Crippen LogP contribution < -0.4 is 14.8 Å². The first-order chi connectivity index (χ1) is 11.7. The number of nitrogens with one attached hydrogen (secondary N) is 2. The van der Waals surface area contributed by atoms with Crippen molar-refractivity contribution in [2.24, 2.45) is 0 Å². The van der Waals surface area contributed by atoms with Crippen molar-refractivity contribution in [1.29, 1.82) is 0 Å². The quantitative estimate of drug-likeness (QED) is 0.771. The molecular formula is C17H19ClN2O4S. The highest BCUT2D eigenvalue weighted by Gasteiger charge is 2.15. The molecule has 0 bridgehead atoms. The smallest absolute Gasteiger partial charge is 0.261 e. The van der Waals surface area contributed by atoms with Gasteiger partial charge in [0.2, 0.25) is 10.0 Å². The summed E-state index contributed by atoms with van der Waals surface area (Å²) in [5.41, 5.74) is 1.07. The number of rotatable bonds is 7. The Morgan fingerprint density at radius 1 is 1.20 bits per heavy atom. The molecule has 8 heteroatoms. The van der Waals surface area contributed by atoms with Crippen LogP contribution in [0.2, 0.25) is 5.02 Å². The summed E-state index contributed by atoms with van der Waals surface area (Å²) in [6, 6.07) is 13.6. The third kappa shape index (κ3) is 6.28. The van der Waals surface area contributed by atoms with E-state index in [0.29, 0.717) is 22.0 Å². The second-order valence-corrected chi connectivity index (χ2v) is 7.65. The monoisotopic (exact) mass is 382 g/mol. The average molecular weight is 383 g/mol. The van der Waals surface area contributed by atoms with Crippen LogP contribution in [0.15, 0.2) is 48.5 Å². The van der Waals surface area contributed by atoms with Crippen molar-refractivity contribution in [3.05, 3.63) is 59.1 Å². The maximum absolute atomic E-state index is 12.2. The summed E-state index contributed by atoms with van der Waals surface area (Å²) in [4.78, 5) is 12.2. The minimum absolute atomic E-state index is 0.167. The number of hydrogen-bond donors (Lipinski definition) is 2. The van der Waals surface area contributed by atoms with E-state index in [0.717, 1.165) is 6.26 Å². The highest BCUT2D eigenvalue weighted by Crippen LogP contribution is 2.19. The van der Waals surface area contributed by atoms with E-state index < -0.39 is 16.1 Å². The van der Waals surface area contributed by atoms with Gasteiger partial charge in [0, 0.05) is 11.6 Å². The van der Waals surface area contributed by atoms with Gasteiger partial charge in [0.1, 0.15) is 5.75 Å². The standard InChI is InChI=1S/C17H19ClN2O4S/c1-12(24-15-8-5-7-14(18)10-15)17(21)19-11-13-6-3-4-9-16(13)20-25(2,22)23/h3-10,12,20H,11H2,1-2H3,(H,19,21). The summed E-state index contributed by atoms with van der Waals surface area (Å²) in [6.45, 7) is 1.79. The predicted octanol–water partition coefficient (Wildman–Crippen LogP) is 2.80. The van der Waals surface area contributed by atoms with Gasteiger partial charge in [0.25, 0.3) is 5.91 Å². The van der Waals surface area contributed by atoms with Crippen LogP contribution in [-0.4, -0.2) is 26.7 Å². The molecule has 134 valence electrons. The SMILES string of the molecule is CC(Oc1cccc(Cl)c1)C(=O)NCc1ccccc1NS(C)(=O)=O. The van der Waals surface area contributed by atoms with Crippen molar-refractivity contribution < 1.29 is 17.9 Å². The van der Waals surface area contributed by atoms with Crippen LogP contribution in [0.5, 0.6) is 5.75 Å². The molecule has 1 unspecified atom stereocenters. The van der Waals surface area contributed by atoms with E-state index in [2.05, 4.69) is 10.0 Å². The molecule has 2 aromatic rings. The maximum atomic E-state index is 12.2. The lowest BCUT2D eigenvalue weighted by Gasteiger charge is -2.16. The van der Waals surface area contributed by atoms with Crippen LogP contribution in [0.1, 0.15) is 12.5 Å². The molecule has 0 aliphatic heterocycles. The first-order valence-electron chi connectivity index (χ1n) is 7.50. The lowest BCUT2D eigenvalue weighted by atomic mass is 10.2. The molecule has 2 aromatic carbocycles.